The third-order valence-corrected chi connectivity index (χ3v) is 0.834. The summed E-state index contributed by atoms with van der Waals surface area (Å²) in [5.41, 5.74) is 0. The van der Waals surface area contributed by atoms with Gasteiger partial charge in [-0.15, -0.1) is 0 Å². The van der Waals surface area contributed by atoms with Crippen molar-refractivity contribution in [3.8, 4) is 0 Å². The fraction of sp³-hybridized carbons (Fsp3) is 0.800. The molecule has 9 heavy (non-hydrogen) atoms. The van der Waals surface area contributed by atoms with Gasteiger partial charge in [-0.2, -0.15) is 0 Å². The zero-order valence-electron chi connectivity index (χ0n) is 6.69. The summed E-state index contributed by atoms with van der Waals surface area (Å²) in [6.07, 6.45) is -3.58. The average molecular weight is 136 g/mol. The van der Waals surface area contributed by atoms with Gasteiger partial charge in [0.15, 0.2) is 0 Å². The van der Waals surface area contributed by atoms with Crippen LogP contribution < -0.4 is 0 Å². The van der Waals surface area contributed by atoms with Gasteiger partial charge in [0.05, 0.1) is 15.4 Å². The van der Waals surface area contributed by atoms with Crippen molar-refractivity contribution in [1.29, 1.82) is 0 Å². The van der Waals surface area contributed by atoms with Gasteiger partial charge in [-0.1, -0.05) is 0 Å². The number of aliphatic hydroxyl groups is 3. The summed E-state index contributed by atoms with van der Waals surface area (Å²) < 4.78 is 13.1. The summed E-state index contributed by atoms with van der Waals surface area (Å²) in [6, 6.07) is 0. The molecule has 54 valence electrons. The third-order valence-electron chi connectivity index (χ3n) is 0.834. The molecule has 0 amide bonds. The van der Waals surface area contributed by atoms with Crippen molar-refractivity contribution in [3.05, 3.63) is 0 Å². The Labute approximate surface area is 55.6 Å². The third kappa shape index (κ3) is 3.18. The topological polar surface area (TPSA) is 77.8 Å². The maximum Gasteiger partial charge on any atom is 0.122 e. The number of aliphatic hydroxyl groups excluding tert-OH is 2. The van der Waals surface area contributed by atoms with Crippen LogP contribution in [-0.2, 0) is 4.79 Å². The molecule has 4 nitrogen and oxygen atoms in total. The molecule has 0 aromatic rings. The molecule has 0 radical (unpaired) electrons. The first-order chi connectivity index (χ1) is 4.89. The van der Waals surface area contributed by atoms with Crippen molar-refractivity contribution in [1.82, 2.24) is 0 Å². The lowest BCUT2D eigenvalue weighted by atomic mass is 10.2. The predicted molar refractivity (Wildman–Crippen MR) is 29.8 cm³/mol. The van der Waals surface area contributed by atoms with Gasteiger partial charge in [-0.25, -0.2) is 0 Å². The Balaban J connectivity index is 4.01. The van der Waals surface area contributed by atoms with Crippen molar-refractivity contribution >= 4 is 6.29 Å². The highest BCUT2D eigenvalue weighted by atomic mass is 16.4. The van der Waals surface area contributed by atoms with E-state index in [9.17, 15) is 4.79 Å². The fourth-order valence-electron chi connectivity index (χ4n) is 0.314. The maximum atomic E-state index is 9.77. The van der Waals surface area contributed by atoms with Crippen LogP contribution in [-0.4, -0.2) is 40.4 Å². The van der Waals surface area contributed by atoms with Crippen molar-refractivity contribution < 1.29 is 22.9 Å². The van der Waals surface area contributed by atoms with Gasteiger partial charge in [0.2, 0.25) is 0 Å². The Morgan fingerprint density at radius 3 is 2.44 bits per heavy atom. The predicted octanol–water partition coefficient (Wildman–Crippen LogP) is -1.71. The quantitative estimate of drug-likeness (QED) is 0.402. The van der Waals surface area contributed by atoms with E-state index < -0.39 is 25.2 Å². The van der Waals surface area contributed by atoms with Crippen molar-refractivity contribution in [2.24, 2.45) is 0 Å². The highest BCUT2D eigenvalue weighted by Gasteiger charge is 2.13. The summed E-state index contributed by atoms with van der Waals surface area (Å²) in [5.74, 6) is 0. The first-order valence-corrected chi connectivity index (χ1v) is 2.41. The number of hydrogen-bond donors (Lipinski definition) is 3. The fourth-order valence-corrected chi connectivity index (χ4v) is 0.314. The van der Waals surface area contributed by atoms with Crippen LogP contribution in [0.4, 0.5) is 0 Å². The summed E-state index contributed by atoms with van der Waals surface area (Å²) in [4.78, 5) is 9.77. The van der Waals surface area contributed by atoms with E-state index in [2.05, 4.69) is 0 Å². The minimum Gasteiger partial charge on any atom is -0.394 e. The Morgan fingerprint density at radius 1 is 1.56 bits per heavy atom. The molecule has 0 spiro atoms. The van der Waals surface area contributed by atoms with Gasteiger partial charge in [0.25, 0.3) is 0 Å². The van der Waals surface area contributed by atoms with Crippen LogP contribution in [0.15, 0.2) is 0 Å². The summed E-state index contributed by atoms with van der Waals surface area (Å²) in [7, 11) is 0. The Hall–Kier alpha value is -0.450. The van der Waals surface area contributed by atoms with Crippen molar-refractivity contribution in [2.75, 3.05) is 6.56 Å². The Morgan fingerprint density at radius 2 is 2.11 bits per heavy atom. The Kier molecular flexibility index (Phi) is 2.63. The second-order valence-corrected chi connectivity index (χ2v) is 1.54. The molecule has 0 aliphatic rings. The highest BCUT2D eigenvalue weighted by molar-refractivity contribution is 5.50. The molecule has 0 bridgehead atoms. The molecular weight excluding hydrogens is 124 g/mol. The minimum atomic E-state index is -2.87. The van der Waals surface area contributed by atoms with Crippen LogP contribution >= 0.6 is 0 Å². The average Bonchev–Trinajstić information content (AvgIpc) is 1.85. The summed E-state index contributed by atoms with van der Waals surface area (Å²) in [5, 5.41) is 26.0. The van der Waals surface area contributed by atoms with Crippen molar-refractivity contribution in [2.45, 2.75) is 18.6 Å². The van der Waals surface area contributed by atoms with E-state index in [0.717, 1.165) is 0 Å². The zero-order chi connectivity index (χ0) is 9.07. The minimum absolute atomic E-state index is 0.333. The number of rotatable bonds is 4. The standard InChI is InChI=1S/C5H10O4/c6-2-1-4(8)5(9)3-7/h2,4-5,7-9H,1,3H2/t4-,5+/m0/s1/i3D2. The molecule has 0 saturated heterocycles. The first kappa shape index (κ1) is 5.34. The molecule has 0 aliphatic heterocycles. The normalized spacial score (nSPS) is 21.7. The van der Waals surface area contributed by atoms with E-state index in [1.807, 2.05) is 0 Å². The van der Waals surface area contributed by atoms with Gasteiger partial charge in [0.1, 0.15) is 12.4 Å². The molecule has 0 heterocycles. The lowest BCUT2D eigenvalue weighted by Crippen LogP contribution is -2.29. The summed E-state index contributed by atoms with van der Waals surface area (Å²) >= 11 is 0. The molecule has 3 N–H and O–H groups in total. The van der Waals surface area contributed by atoms with E-state index in [-0.39, 0.29) is 0 Å². The largest absolute Gasteiger partial charge is 0.394 e. The van der Waals surface area contributed by atoms with E-state index >= 15 is 0 Å². The lowest BCUT2D eigenvalue weighted by molar-refractivity contribution is -0.111. The van der Waals surface area contributed by atoms with Crippen LogP contribution in [0.1, 0.15) is 9.16 Å². The highest BCUT2D eigenvalue weighted by Crippen LogP contribution is 1.94. The first-order valence-electron chi connectivity index (χ1n) is 3.41. The molecule has 4 heteroatoms. The monoisotopic (exact) mass is 136 g/mol. The second-order valence-electron chi connectivity index (χ2n) is 1.54. The Bertz CT molecular complexity index is 133. The molecule has 0 rings (SSSR count). The van der Waals surface area contributed by atoms with Crippen LogP contribution in [0.25, 0.3) is 0 Å². The molecule has 0 aliphatic carbocycles. The SMILES string of the molecule is [2H]C([2H])(O)[C@@H](O)[C@@H](O)CC=O. The van der Waals surface area contributed by atoms with Crippen LogP contribution in [0, 0.1) is 0 Å². The van der Waals surface area contributed by atoms with E-state index in [1.165, 1.54) is 0 Å². The molecule has 0 unspecified atom stereocenters. The molecule has 0 aromatic carbocycles. The number of carbonyl (C=O) groups excluding carboxylic acids is 1. The van der Waals surface area contributed by atoms with Crippen LogP contribution in [0.2, 0.25) is 0 Å². The second kappa shape index (κ2) is 4.43. The van der Waals surface area contributed by atoms with Crippen molar-refractivity contribution in [3.63, 3.8) is 0 Å². The molecular formula is C5H10O4. The van der Waals surface area contributed by atoms with Gasteiger partial charge >= 0.3 is 0 Å². The van der Waals surface area contributed by atoms with E-state index in [4.69, 9.17) is 18.1 Å². The lowest BCUT2D eigenvalue weighted by Gasteiger charge is -2.11. The van der Waals surface area contributed by atoms with E-state index in [1.54, 1.807) is 0 Å². The molecule has 0 aromatic heterocycles. The summed E-state index contributed by atoms with van der Waals surface area (Å²) in [6.45, 7) is -2.87. The number of hydrogen-bond acceptors (Lipinski definition) is 4. The van der Waals surface area contributed by atoms with Gasteiger partial charge in [-0.3, -0.25) is 0 Å². The molecule has 2 atom stereocenters. The van der Waals surface area contributed by atoms with Gasteiger partial charge in [-0.05, 0) is 0 Å². The van der Waals surface area contributed by atoms with Crippen LogP contribution in [0.3, 0.4) is 0 Å². The molecule has 0 fully saturated rings. The smallest absolute Gasteiger partial charge is 0.122 e. The number of carbonyl (C=O) groups is 1. The van der Waals surface area contributed by atoms with Crippen LogP contribution in [0.5, 0.6) is 0 Å². The maximum absolute atomic E-state index is 9.77. The van der Waals surface area contributed by atoms with E-state index in [0.29, 0.717) is 6.29 Å². The van der Waals surface area contributed by atoms with Gasteiger partial charge in [0, 0.05) is 6.42 Å². The zero-order valence-corrected chi connectivity index (χ0v) is 4.69. The molecule has 0 saturated carbocycles. The van der Waals surface area contributed by atoms with Gasteiger partial charge < -0.3 is 20.1 Å². The number of aldehydes is 1.